The molecule has 16 heavy (non-hydrogen) atoms. The Morgan fingerprint density at radius 3 is 2.06 bits per heavy atom. The second-order valence-corrected chi connectivity index (χ2v) is 15.2. The van der Waals surface area contributed by atoms with E-state index in [0.29, 0.717) is 0 Å². The molecule has 0 aliphatic rings. The summed E-state index contributed by atoms with van der Waals surface area (Å²) in [4.78, 5) is 15.1. The van der Waals surface area contributed by atoms with Crippen LogP contribution in [0.25, 0.3) is 0 Å². The van der Waals surface area contributed by atoms with Gasteiger partial charge in [0.25, 0.3) is 0 Å². The number of amides is 2. The maximum absolute atomic E-state index is 12.0. The number of carbonyl (C=O) groups excluding carboxylic acids is 1. The summed E-state index contributed by atoms with van der Waals surface area (Å²) in [6, 6.07) is 1.84. The molecule has 0 spiro atoms. The van der Waals surface area contributed by atoms with Gasteiger partial charge >= 0.3 is 6.03 Å². The fourth-order valence-corrected chi connectivity index (χ4v) is 3.15. The molecule has 0 heterocycles. The van der Waals surface area contributed by atoms with Crippen LogP contribution in [0.5, 0.6) is 0 Å². The first-order valence-corrected chi connectivity index (χ1v) is 12.2. The normalized spacial score (nSPS) is 12.3. The van der Waals surface area contributed by atoms with E-state index in [4.69, 9.17) is 5.26 Å². The Morgan fingerprint density at radius 1 is 1.25 bits per heavy atom. The van der Waals surface area contributed by atoms with Crippen molar-refractivity contribution in [2.75, 3.05) is 0 Å². The van der Waals surface area contributed by atoms with Crippen molar-refractivity contribution in [1.29, 1.82) is 5.26 Å². The van der Waals surface area contributed by atoms with Crippen molar-refractivity contribution in [2.24, 2.45) is 0 Å². The van der Waals surface area contributed by atoms with Crippen molar-refractivity contribution < 1.29 is 4.79 Å². The second-order valence-electron chi connectivity index (χ2n) is 5.67. The van der Waals surface area contributed by atoms with Crippen molar-refractivity contribution in [2.45, 2.75) is 39.3 Å². The number of allylic oxidation sites excluding steroid dienone is 1. The Kier molecular flexibility index (Phi) is 4.96. The van der Waals surface area contributed by atoms with Gasteiger partial charge < -0.3 is 9.55 Å². The van der Waals surface area contributed by atoms with Gasteiger partial charge in [0.15, 0.2) is 8.24 Å². The van der Waals surface area contributed by atoms with Gasteiger partial charge in [-0.2, -0.15) is 5.26 Å². The highest BCUT2D eigenvalue weighted by Gasteiger charge is 2.29. The van der Waals surface area contributed by atoms with E-state index in [-0.39, 0.29) is 6.03 Å². The number of nitriles is 1. The topological polar surface area (TPSA) is 56.1 Å². The van der Waals surface area contributed by atoms with Crippen molar-refractivity contribution >= 4 is 22.5 Å². The third-order valence-electron chi connectivity index (χ3n) is 1.72. The average Bonchev–Trinajstić information content (AvgIpc) is 1.98. The zero-order chi connectivity index (χ0) is 13.0. The van der Waals surface area contributed by atoms with Gasteiger partial charge in [-0.1, -0.05) is 39.3 Å². The van der Waals surface area contributed by atoms with Gasteiger partial charge in [-0.3, -0.25) is 4.79 Å². The SMILES string of the molecule is C[Si](C)(C)NC(=O)N(/C=C\C#N)[Si](C)(C)C. The van der Waals surface area contributed by atoms with Crippen LogP contribution in [-0.4, -0.2) is 27.1 Å². The van der Waals surface area contributed by atoms with E-state index in [1.807, 2.05) is 6.07 Å². The third-order valence-corrected chi connectivity index (χ3v) is 4.48. The van der Waals surface area contributed by atoms with Gasteiger partial charge in [-0.05, 0) is 0 Å². The monoisotopic (exact) mass is 255 g/mol. The number of hydrogen-bond acceptors (Lipinski definition) is 2. The minimum absolute atomic E-state index is 0.0789. The summed E-state index contributed by atoms with van der Waals surface area (Å²) >= 11 is 0. The third kappa shape index (κ3) is 5.73. The summed E-state index contributed by atoms with van der Waals surface area (Å²) in [5, 5.41) is 8.52. The van der Waals surface area contributed by atoms with Crippen LogP contribution in [0.15, 0.2) is 12.3 Å². The van der Waals surface area contributed by atoms with Crippen LogP contribution in [0.2, 0.25) is 39.3 Å². The Bertz CT molecular complexity index is 320. The van der Waals surface area contributed by atoms with Crippen LogP contribution in [0.1, 0.15) is 0 Å². The maximum Gasteiger partial charge on any atom is 0.305 e. The average molecular weight is 255 g/mol. The van der Waals surface area contributed by atoms with Gasteiger partial charge in [0.1, 0.15) is 8.24 Å². The maximum atomic E-state index is 12.0. The summed E-state index contributed by atoms with van der Waals surface area (Å²) in [5.41, 5.74) is 0. The van der Waals surface area contributed by atoms with Gasteiger partial charge in [0, 0.05) is 12.3 Å². The summed E-state index contributed by atoms with van der Waals surface area (Å²) in [6.45, 7) is 12.4. The smallest absolute Gasteiger partial charge is 0.305 e. The van der Waals surface area contributed by atoms with Gasteiger partial charge in [0.2, 0.25) is 0 Å². The van der Waals surface area contributed by atoms with Crippen molar-refractivity contribution in [3.63, 3.8) is 0 Å². The summed E-state index contributed by atoms with van der Waals surface area (Å²) in [5.74, 6) is 0. The zero-order valence-electron chi connectivity index (χ0n) is 11.0. The van der Waals surface area contributed by atoms with Crippen LogP contribution in [-0.2, 0) is 0 Å². The largest absolute Gasteiger partial charge is 0.365 e. The lowest BCUT2D eigenvalue weighted by molar-refractivity contribution is 0.235. The molecule has 0 aliphatic heterocycles. The molecule has 0 bridgehead atoms. The Balaban J connectivity index is 4.87. The molecule has 0 unspecified atom stereocenters. The molecule has 2 amide bonds. The van der Waals surface area contributed by atoms with Crippen LogP contribution >= 0.6 is 0 Å². The standard InChI is InChI=1S/C10H21N3OSi2/c1-15(2,3)12-10(14)13(9-7-8-11)16(4,5)6/h7,9H,1-6H3,(H,12,14)/b9-7-. The van der Waals surface area contributed by atoms with Gasteiger partial charge in [-0.25, -0.2) is 0 Å². The fourth-order valence-electron chi connectivity index (χ4n) is 1.08. The lowest BCUT2D eigenvalue weighted by Crippen LogP contribution is -2.56. The molecule has 6 heteroatoms. The van der Waals surface area contributed by atoms with E-state index >= 15 is 0 Å². The number of nitrogens with one attached hydrogen (secondary N) is 1. The number of urea groups is 1. The molecule has 0 rings (SSSR count). The molecule has 0 fully saturated rings. The molecule has 0 saturated heterocycles. The molecule has 0 radical (unpaired) electrons. The van der Waals surface area contributed by atoms with Crippen molar-refractivity contribution in [3.8, 4) is 6.07 Å². The summed E-state index contributed by atoms with van der Waals surface area (Å²) in [6.07, 6.45) is 2.93. The molecular weight excluding hydrogens is 234 g/mol. The first-order valence-electron chi connectivity index (χ1n) is 5.26. The minimum Gasteiger partial charge on any atom is -0.365 e. The molecular formula is C10H21N3OSi2. The van der Waals surface area contributed by atoms with Crippen LogP contribution in [0.4, 0.5) is 4.79 Å². The molecule has 0 aromatic carbocycles. The van der Waals surface area contributed by atoms with Crippen molar-refractivity contribution in [3.05, 3.63) is 12.3 Å². The molecule has 0 aromatic heterocycles. The highest BCUT2D eigenvalue weighted by molar-refractivity contribution is 6.78. The lowest BCUT2D eigenvalue weighted by Gasteiger charge is -2.33. The number of rotatable bonds is 3. The minimum atomic E-state index is -1.78. The van der Waals surface area contributed by atoms with E-state index < -0.39 is 16.5 Å². The molecule has 0 atom stereocenters. The highest BCUT2D eigenvalue weighted by atomic mass is 28.3. The van der Waals surface area contributed by atoms with Gasteiger partial charge in [0.05, 0.1) is 6.07 Å². The van der Waals surface area contributed by atoms with Crippen LogP contribution in [0, 0.1) is 11.3 Å². The highest BCUT2D eigenvalue weighted by Crippen LogP contribution is 2.11. The van der Waals surface area contributed by atoms with Crippen molar-refractivity contribution in [1.82, 2.24) is 9.55 Å². The summed E-state index contributed by atoms with van der Waals surface area (Å²) < 4.78 is 1.69. The predicted molar refractivity (Wildman–Crippen MR) is 71.8 cm³/mol. The lowest BCUT2D eigenvalue weighted by atomic mass is 10.7. The molecule has 4 nitrogen and oxygen atoms in total. The van der Waals surface area contributed by atoms with E-state index in [1.54, 1.807) is 10.8 Å². The molecule has 0 saturated carbocycles. The van der Waals surface area contributed by atoms with Gasteiger partial charge in [-0.15, -0.1) is 0 Å². The second kappa shape index (κ2) is 5.32. The van der Waals surface area contributed by atoms with E-state index in [1.165, 1.54) is 6.08 Å². The first-order chi connectivity index (χ1) is 7.08. The number of nitrogens with zero attached hydrogens (tertiary/aromatic N) is 2. The Labute approximate surface area is 100 Å². The molecule has 0 aliphatic carbocycles. The number of hydrogen-bond donors (Lipinski definition) is 1. The molecule has 90 valence electrons. The van der Waals surface area contributed by atoms with E-state index in [9.17, 15) is 4.79 Å². The summed E-state index contributed by atoms with van der Waals surface area (Å²) in [7, 11) is -3.42. The van der Waals surface area contributed by atoms with Crippen LogP contribution in [0.3, 0.4) is 0 Å². The van der Waals surface area contributed by atoms with Crippen LogP contribution < -0.4 is 4.98 Å². The first kappa shape index (κ1) is 14.9. The predicted octanol–water partition coefficient (Wildman–Crippen LogP) is 2.71. The Morgan fingerprint density at radius 2 is 1.75 bits per heavy atom. The van der Waals surface area contributed by atoms with E-state index in [2.05, 4.69) is 44.3 Å². The quantitative estimate of drug-likeness (QED) is 0.623. The van der Waals surface area contributed by atoms with E-state index in [0.717, 1.165) is 0 Å². The Hall–Kier alpha value is -1.07. The molecule has 0 aromatic rings. The number of carbonyl (C=O) groups is 1. The fraction of sp³-hybridized carbons (Fsp3) is 0.600. The zero-order valence-corrected chi connectivity index (χ0v) is 13.0. The molecule has 1 N–H and O–H groups in total.